The Hall–Kier alpha value is -1.85. The minimum absolute atomic E-state index is 0.143. The smallest absolute Gasteiger partial charge is 0.243 e. The first-order chi connectivity index (χ1) is 8.40. The molecule has 6 heteroatoms. The fraction of sp³-hybridized carbons (Fsp3) is 0.583. The highest BCUT2D eigenvalue weighted by molar-refractivity contribution is 5.93. The van der Waals surface area contributed by atoms with Gasteiger partial charge in [0.25, 0.3) is 0 Å². The zero-order chi connectivity index (χ0) is 13.7. The lowest BCUT2D eigenvalue weighted by Crippen LogP contribution is -2.50. The molecule has 100 valence electrons. The van der Waals surface area contributed by atoms with Crippen LogP contribution in [0.25, 0.3) is 0 Å². The van der Waals surface area contributed by atoms with E-state index in [1.54, 1.807) is 0 Å². The average molecular weight is 253 g/mol. The van der Waals surface area contributed by atoms with Gasteiger partial charge in [0.15, 0.2) is 0 Å². The van der Waals surface area contributed by atoms with Gasteiger partial charge in [0.2, 0.25) is 17.7 Å². The largest absolute Gasteiger partial charge is 0.368 e. The summed E-state index contributed by atoms with van der Waals surface area (Å²) in [4.78, 5) is 34.0. The number of hydrogen-bond acceptors (Lipinski definition) is 3. The number of amides is 3. The zero-order valence-corrected chi connectivity index (χ0v) is 10.7. The lowest BCUT2D eigenvalue weighted by atomic mass is 10.1. The lowest BCUT2D eigenvalue weighted by molar-refractivity contribution is -0.129. The summed E-state index contributed by atoms with van der Waals surface area (Å²) in [5.41, 5.74) is 6.27. The maximum Gasteiger partial charge on any atom is 0.243 e. The molecule has 6 nitrogen and oxygen atoms in total. The molecular weight excluding hydrogens is 234 g/mol. The first-order valence-corrected chi connectivity index (χ1v) is 5.92. The molecule has 0 saturated carbocycles. The van der Waals surface area contributed by atoms with Gasteiger partial charge in [-0.3, -0.25) is 14.4 Å². The van der Waals surface area contributed by atoms with Crippen LogP contribution in [0.2, 0.25) is 0 Å². The fourth-order valence-corrected chi connectivity index (χ4v) is 1.68. The number of carbonyl (C=O) groups is 3. The predicted octanol–water partition coefficient (Wildman–Crippen LogP) is -0.409. The van der Waals surface area contributed by atoms with E-state index in [9.17, 15) is 14.4 Å². The van der Waals surface area contributed by atoms with Crippen LogP contribution < -0.4 is 16.4 Å². The third-order valence-corrected chi connectivity index (χ3v) is 2.73. The molecule has 3 amide bonds. The second kappa shape index (κ2) is 6.18. The van der Waals surface area contributed by atoms with Crippen molar-refractivity contribution in [2.75, 3.05) is 0 Å². The Morgan fingerprint density at radius 3 is 2.67 bits per heavy atom. The van der Waals surface area contributed by atoms with Crippen molar-refractivity contribution in [1.29, 1.82) is 0 Å². The Balaban J connectivity index is 2.55. The van der Waals surface area contributed by atoms with Gasteiger partial charge < -0.3 is 16.4 Å². The van der Waals surface area contributed by atoms with Gasteiger partial charge in [0.05, 0.1) is 0 Å². The van der Waals surface area contributed by atoms with E-state index in [4.69, 9.17) is 5.73 Å². The summed E-state index contributed by atoms with van der Waals surface area (Å²) < 4.78 is 0. The van der Waals surface area contributed by atoms with Crippen LogP contribution in [0, 0.1) is 0 Å². The third-order valence-electron chi connectivity index (χ3n) is 2.73. The maximum absolute atomic E-state index is 11.8. The molecule has 18 heavy (non-hydrogen) atoms. The maximum atomic E-state index is 11.8. The summed E-state index contributed by atoms with van der Waals surface area (Å²) in [6, 6.07) is -1.28. The summed E-state index contributed by atoms with van der Waals surface area (Å²) >= 11 is 0. The number of nitrogens with two attached hydrogens (primary N) is 1. The summed E-state index contributed by atoms with van der Waals surface area (Å²) in [5.74, 6) is -1.08. The van der Waals surface area contributed by atoms with Crippen molar-refractivity contribution in [2.45, 2.75) is 45.2 Å². The van der Waals surface area contributed by atoms with Crippen LogP contribution in [-0.2, 0) is 14.4 Å². The number of rotatable bonds is 5. The van der Waals surface area contributed by atoms with E-state index < -0.39 is 18.0 Å². The Morgan fingerprint density at radius 1 is 1.56 bits per heavy atom. The zero-order valence-electron chi connectivity index (χ0n) is 10.7. The molecule has 2 atom stereocenters. The molecule has 1 heterocycles. The van der Waals surface area contributed by atoms with Gasteiger partial charge in [0.1, 0.15) is 12.1 Å². The van der Waals surface area contributed by atoms with E-state index in [1.165, 1.54) is 0 Å². The lowest BCUT2D eigenvalue weighted by Gasteiger charge is -2.17. The van der Waals surface area contributed by atoms with Gasteiger partial charge in [-0.25, -0.2) is 0 Å². The Kier molecular flexibility index (Phi) is 4.88. The van der Waals surface area contributed by atoms with Crippen molar-refractivity contribution in [3.8, 4) is 0 Å². The molecule has 0 unspecified atom stereocenters. The Labute approximate surface area is 106 Å². The quantitative estimate of drug-likeness (QED) is 0.580. The second-order valence-electron chi connectivity index (χ2n) is 4.64. The molecule has 0 aliphatic carbocycles. The van der Waals surface area contributed by atoms with Crippen molar-refractivity contribution in [2.24, 2.45) is 5.73 Å². The van der Waals surface area contributed by atoms with Crippen molar-refractivity contribution in [3.05, 3.63) is 11.6 Å². The van der Waals surface area contributed by atoms with Crippen LogP contribution in [0.15, 0.2) is 11.6 Å². The van der Waals surface area contributed by atoms with Crippen LogP contribution in [-0.4, -0.2) is 29.8 Å². The van der Waals surface area contributed by atoms with Gasteiger partial charge in [-0.2, -0.15) is 0 Å². The number of primary amides is 1. The molecule has 0 aromatic heterocycles. The molecular formula is C12H19N3O3. The molecule has 1 rings (SSSR count). The highest BCUT2D eigenvalue weighted by Crippen LogP contribution is 2.07. The van der Waals surface area contributed by atoms with E-state index in [1.807, 2.05) is 19.9 Å². The summed E-state index contributed by atoms with van der Waals surface area (Å²) in [6.07, 6.45) is 3.00. The number of hydrogen-bond donors (Lipinski definition) is 3. The first-order valence-electron chi connectivity index (χ1n) is 5.92. The normalized spacial score (nSPS) is 19.9. The molecule has 1 fully saturated rings. The molecule has 0 radical (unpaired) electrons. The van der Waals surface area contributed by atoms with Gasteiger partial charge in [-0.05, 0) is 26.7 Å². The van der Waals surface area contributed by atoms with Crippen LogP contribution in [0.1, 0.15) is 33.1 Å². The van der Waals surface area contributed by atoms with Gasteiger partial charge in [-0.1, -0.05) is 11.6 Å². The molecule has 1 saturated heterocycles. The fourth-order valence-electron chi connectivity index (χ4n) is 1.68. The van der Waals surface area contributed by atoms with Crippen LogP contribution in [0.4, 0.5) is 0 Å². The number of allylic oxidation sites excluding steroid dienone is 1. The summed E-state index contributed by atoms with van der Waals surface area (Å²) in [6.45, 7) is 3.80. The Bertz CT molecular complexity index is 386. The highest BCUT2D eigenvalue weighted by Gasteiger charge is 2.29. The van der Waals surface area contributed by atoms with E-state index >= 15 is 0 Å². The van der Waals surface area contributed by atoms with Crippen molar-refractivity contribution in [3.63, 3.8) is 0 Å². The van der Waals surface area contributed by atoms with E-state index in [0.29, 0.717) is 19.3 Å². The average Bonchev–Trinajstić information content (AvgIpc) is 2.70. The third kappa shape index (κ3) is 4.20. The molecule has 0 bridgehead atoms. The van der Waals surface area contributed by atoms with Gasteiger partial charge >= 0.3 is 0 Å². The molecule has 0 aromatic carbocycles. The molecule has 1 aliphatic heterocycles. The minimum Gasteiger partial charge on any atom is -0.368 e. The van der Waals surface area contributed by atoms with Gasteiger partial charge in [-0.15, -0.1) is 0 Å². The SMILES string of the molecule is CC(C)=CC[C@H](NC(=O)[C@@H]1CCC(=O)N1)C(N)=O. The van der Waals surface area contributed by atoms with Crippen LogP contribution in [0.3, 0.4) is 0 Å². The summed E-state index contributed by atoms with van der Waals surface area (Å²) in [5, 5.41) is 5.11. The van der Waals surface area contributed by atoms with Crippen molar-refractivity contribution in [1.82, 2.24) is 10.6 Å². The van der Waals surface area contributed by atoms with Crippen LogP contribution in [0.5, 0.6) is 0 Å². The molecule has 4 N–H and O–H groups in total. The number of nitrogens with one attached hydrogen (secondary N) is 2. The monoisotopic (exact) mass is 253 g/mol. The van der Waals surface area contributed by atoms with Gasteiger partial charge in [0, 0.05) is 6.42 Å². The number of carbonyl (C=O) groups excluding carboxylic acids is 3. The molecule has 1 aliphatic rings. The first kappa shape index (κ1) is 14.2. The molecule has 0 aromatic rings. The summed E-state index contributed by atoms with van der Waals surface area (Å²) in [7, 11) is 0. The Morgan fingerprint density at radius 2 is 2.22 bits per heavy atom. The van der Waals surface area contributed by atoms with Crippen LogP contribution >= 0.6 is 0 Å². The van der Waals surface area contributed by atoms with Crippen molar-refractivity contribution >= 4 is 17.7 Å². The molecule has 0 spiro atoms. The van der Waals surface area contributed by atoms with E-state index in [0.717, 1.165) is 5.57 Å². The van der Waals surface area contributed by atoms with E-state index in [-0.39, 0.29) is 11.8 Å². The second-order valence-corrected chi connectivity index (χ2v) is 4.64. The highest BCUT2D eigenvalue weighted by atomic mass is 16.2. The standard InChI is InChI=1S/C12H19N3O3/c1-7(2)3-4-8(11(13)17)15-12(18)9-5-6-10(16)14-9/h3,8-9H,4-6H2,1-2H3,(H2,13,17)(H,14,16)(H,15,18)/t8-,9-/m0/s1. The minimum atomic E-state index is -0.732. The topological polar surface area (TPSA) is 101 Å². The van der Waals surface area contributed by atoms with E-state index in [2.05, 4.69) is 10.6 Å². The predicted molar refractivity (Wildman–Crippen MR) is 66.3 cm³/mol. The van der Waals surface area contributed by atoms with Crippen molar-refractivity contribution < 1.29 is 14.4 Å².